The van der Waals surface area contributed by atoms with Gasteiger partial charge in [-0.3, -0.25) is 9.59 Å². The highest BCUT2D eigenvalue weighted by Crippen LogP contribution is 2.09. The Morgan fingerprint density at radius 3 is 2.68 bits per heavy atom. The number of hydrogen-bond donors (Lipinski definition) is 2. The van der Waals surface area contributed by atoms with Crippen LogP contribution in [0, 0.1) is 17.2 Å². The first-order valence-electron chi connectivity index (χ1n) is 6.08. The molecule has 0 saturated heterocycles. The van der Waals surface area contributed by atoms with Crippen LogP contribution in [0.25, 0.3) is 0 Å². The van der Waals surface area contributed by atoms with Crippen LogP contribution in [-0.4, -0.2) is 18.4 Å². The molecule has 0 aliphatic carbocycles. The van der Waals surface area contributed by atoms with Gasteiger partial charge in [0.25, 0.3) is 0 Å². The average molecular weight is 259 g/mol. The van der Waals surface area contributed by atoms with Gasteiger partial charge in [0, 0.05) is 12.1 Å². The maximum absolute atomic E-state index is 11.6. The van der Waals surface area contributed by atoms with E-state index in [4.69, 9.17) is 5.26 Å². The van der Waals surface area contributed by atoms with E-state index in [2.05, 4.69) is 10.6 Å². The quantitative estimate of drug-likeness (QED) is 0.843. The fourth-order valence-corrected chi connectivity index (χ4v) is 1.49. The van der Waals surface area contributed by atoms with Gasteiger partial charge in [-0.1, -0.05) is 19.9 Å². The molecule has 0 aliphatic heterocycles. The fourth-order valence-electron chi connectivity index (χ4n) is 1.49. The van der Waals surface area contributed by atoms with E-state index < -0.39 is 0 Å². The van der Waals surface area contributed by atoms with Crippen LogP contribution in [-0.2, 0) is 9.59 Å². The Morgan fingerprint density at radius 2 is 2.05 bits per heavy atom. The second-order valence-corrected chi connectivity index (χ2v) is 4.62. The van der Waals surface area contributed by atoms with Crippen LogP contribution in [0.15, 0.2) is 24.3 Å². The lowest BCUT2D eigenvalue weighted by Gasteiger charge is -2.08. The molecule has 0 aromatic heterocycles. The number of anilines is 1. The number of nitrogens with zero attached hydrogens (tertiary/aromatic N) is 1. The Balaban J connectivity index is 2.43. The Hall–Kier alpha value is -2.35. The normalized spacial score (nSPS) is 9.79. The third kappa shape index (κ3) is 5.68. The Morgan fingerprint density at radius 1 is 1.32 bits per heavy atom. The molecule has 19 heavy (non-hydrogen) atoms. The van der Waals surface area contributed by atoms with Crippen molar-refractivity contribution in [1.29, 1.82) is 5.26 Å². The number of rotatable bonds is 5. The molecule has 0 fully saturated rings. The molecule has 0 aliphatic rings. The lowest BCUT2D eigenvalue weighted by atomic mass is 10.1. The highest BCUT2D eigenvalue weighted by atomic mass is 16.2. The van der Waals surface area contributed by atoms with Crippen molar-refractivity contribution in [2.45, 2.75) is 20.3 Å². The topological polar surface area (TPSA) is 82.0 Å². The number of benzene rings is 1. The number of nitriles is 1. The number of carbonyl (C=O) groups excluding carboxylic acids is 2. The third-order valence-corrected chi connectivity index (χ3v) is 2.32. The van der Waals surface area contributed by atoms with Crippen LogP contribution in [0.5, 0.6) is 0 Å². The standard InChI is InChI=1S/C14H17N3O2/c1-10(2)6-13(18)16-9-14(19)17-12-5-3-4-11(7-12)8-15/h3-5,7,10H,6,9H2,1-2H3,(H,16,18)(H,17,19). The molecule has 0 bridgehead atoms. The summed E-state index contributed by atoms with van der Waals surface area (Å²) < 4.78 is 0. The van der Waals surface area contributed by atoms with Crippen molar-refractivity contribution in [1.82, 2.24) is 5.32 Å². The highest BCUT2D eigenvalue weighted by Gasteiger charge is 2.07. The minimum Gasteiger partial charge on any atom is -0.347 e. The second kappa shape index (κ2) is 7.17. The van der Waals surface area contributed by atoms with Gasteiger partial charge in [0.15, 0.2) is 0 Å². The Kier molecular flexibility index (Phi) is 5.55. The molecule has 0 heterocycles. The lowest BCUT2D eigenvalue weighted by molar-refractivity contribution is -0.124. The summed E-state index contributed by atoms with van der Waals surface area (Å²) in [5, 5.41) is 13.9. The number of nitrogens with one attached hydrogen (secondary N) is 2. The van der Waals surface area contributed by atoms with E-state index in [9.17, 15) is 9.59 Å². The second-order valence-electron chi connectivity index (χ2n) is 4.62. The molecule has 1 rings (SSSR count). The van der Waals surface area contributed by atoms with Gasteiger partial charge in [-0.05, 0) is 24.1 Å². The maximum atomic E-state index is 11.6. The van der Waals surface area contributed by atoms with Gasteiger partial charge in [0.05, 0.1) is 18.2 Å². The van der Waals surface area contributed by atoms with Crippen molar-refractivity contribution in [2.24, 2.45) is 5.92 Å². The van der Waals surface area contributed by atoms with Gasteiger partial charge >= 0.3 is 0 Å². The smallest absolute Gasteiger partial charge is 0.243 e. The minimum atomic E-state index is -0.313. The van der Waals surface area contributed by atoms with Crippen molar-refractivity contribution in [3.05, 3.63) is 29.8 Å². The molecule has 0 saturated carbocycles. The Bertz CT molecular complexity index is 504. The van der Waals surface area contributed by atoms with E-state index in [1.165, 1.54) is 0 Å². The summed E-state index contributed by atoms with van der Waals surface area (Å²) in [4.78, 5) is 23.0. The molecular weight excluding hydrogens is 242 g/mol. The number of amides is 2. The first-order chi connectivity index (χ1) is 9.01. The van der Waals surface area contributed by atoms with Crippen LogP contribution in [0.3, 0.4) is 0 Å². The average Bonchev–Trinajstić information content (AvgIpc) is 2.36. The zero-order chi connectivity index (χ0) is 14.3. The van der Waals surface area contributed by atoms with Crippen LogP contribution >= 0.6 is 0 Å². The summed E-state index contributed by atoms with van der Waals surface area (Å²) in [5.41, 5.74) is 1.02. The van der Waals surface area contributed by atoms with Crippen LogP contribution < -0.4 is 10.6 Å². The molecule has 1 aromatic carbocycles. The molecule has 5 heteroatoms. The van der Waals surface area contributed by atoms with E-state index in [1.807, 2.05) is 19.9 Å². The number of hydrogen-bond acceptors (Lipinski definition) is 3. The summed E-state index contributed by atoms with van der Waals surface area (Å²) >= 11 is 0. The molecule has 0 atom stereocenters. The molecule has 1 aromatic rings. The molecular formula is C14H17N3O2. The van der Waals surface area contributed by atoms with E-state index >= 15 is 0 Å². The van der Waals surface area contributed by atoms with Gasteiger partial charge < -0.3 is 10.6 Å². The summed E-state index contributed by atoms with van der Waals surface area (Å²) in [7, 11) is 0. The van der Waals surface area contributed by atoms with Gasteiger partial charge in [0.2, 0.25) is 11.8 Å². The van der Waals surface area contributed by atoms with Gasteiger partial charge in [-0.2, -0.15) is 5.26 Å². The molecule has 5 nitrogen and oxygen atoms in total. The Labute approximate surface area is 112 Å². The highest BCUT2D eigenvalue weighted by molar-refractivity contribution is 5.94. The molecule has 0 radical (unpaired) electrons. The maximum Gasteiger partial charge on any atom is 0.243 e. The number of carbonyl (C=O) groups is 2. The van der Waals surface area contributed by atoms with E-state index in [-0.39, 0.29) is 24.3 Å². The van der Waals surface area contributed by atoms with Crippen molar-refractivity contribution < 1.29 is 9.59 Å². The summed E-state index contributed by atoms with van der Waals surface area (Å²) in [5.74, 6) is -0.196. The van der Waals surface area contributed by atoms with Gasteiger partial charge in [0.1, 0.15) is 0 Å². The van der Waals surface area contributed by atoms with Crippen molar-refractivity contribution in [3.8, 4) is 6.07 Å². The molecule has 0 unspecified atom stereocenters. The first kappa shape index (κ1) is 14.7. The van der Waals surface area contributed by atoms with E-state index in [0.29, 0.717) is 17.7 Å². The monoisotopic (exact) mass is 259 g/mol. The third-order valence-electron chi connectivity index (χ3n) is 2.32. The van der Waals surface area contributed by atoms with Crippen LogP contribution in [0.4, 0.5) is 5.69 Å². The SMILES string of the molecule is CC(C)CC(=O)NCC(=O)Nc1cccc(C#N)c1. The first-order valence-corrected chi connectivity index (χ1v) is 6.08. The van der Waals surface area contributed by atoms with Gasteiger partial charge in [-0.15, -0.1) is 0 Å². The predicted molar refractivity (Wildman–Crippen MR) is 72.3 cm³/mol. The largest absolute Gasteiger partial charge is 0.347 e. The molecule has 100 valence electrons. The van der Waals surface area contributed by atoms with Gasteiger partial charge in [-0.25, -0.2) is 0 Å². The van der Waals surface area contributed by atoms with Crippen molar-refractivity contribution >= 4 is 17.5 Å². The van der Waals surface area contributed by atoms with Crippen molar-refractivity contribution in [2.75, 3.05) is 11.9 Å². The lowest BCUT2D eigenvalue weighted by Crippen LogP contribution is -2.33. The zero-order valence-corrected chi connectivity index (χ0v) is 11.1. The summed E-state index contributed by atoms with van der Waals surface area (Å²) in [6.07, 6.45) is 0.400. The van der Waals surface area contributed by atoms with E-state index in [1.54, 1.807) is 24.3 Å². The summed E-state index contributed by atoms with van der Waals surface area (Å²) in [6.45, 7) is 3.81. The van der Waals surface area contributed by atoms with Crippen LogP contribution in [0.1, 0.15) is 25.8 Å². The minimum absolute atomic E-state index is 0.0671. The van der Waals surface area contributed by atoms with E-state index in [0.717, 1.165) is 0 Å². The molecule has 2 N–H and O–H groups in total. The fraction of sp³-hybridized carbons (Fsp3) is 0.357. The predicted octanol–water partition coefficient (Wildman–Crippen LogP) is 1.66. The zero-order valence-electron chi connectivity index (χ0n) is 11.1. The van der Waals surface area contributed by atoms with Crippen molar-refractivity contribution in [3.63, 3.8) is 0 Å². The molecule has 2 amide bonds. The van der Waals surface area contributed by atoms with Crippen LogP contribution in [0.2, 0.25) is 0 Å². The summed E-state index contributed by atoms with van der Waals surface area (Å²) in [6, 6.07) is 8.60. The molecule has 0 spiro atoms.